The summed E-state index contributed by atoms with van der Waals surface area (Å²) >= 11 is 0. The molecule has 0 aliphatic heterocycles. The van der Waals surface area contributed by atoms with Crippen molar-refractivity contribution in [2.75, 3.05) is 0 Å². The number of hydrogen-bond donors (Lipinski definition) is 0. The molecule has 17 heavy (non-hydrogen) atoms. The summed E-state index contributed by atoms with van der Waals surface area (Å²) in [4.78, 5) is 18.6. The van der Waals surface area contributed by atoms with Gasteiger partial charge in [0.1, 0.15) is 0 Å². The van der Waals surface area contributed by atoms with Gasteiger partial charge in [0.05, 0.1) is 0 Å². The van der Waals surface area contributed by atoms with Crippen molar-refractivity contribution in [3.8, 4) is 0 Å². The second-order valence-electron chi connectivity index (χ2n) is 4.16. The summed E-state index contributed by atoms with van der Waals surface area (Å²) in [6.45, 7) is 1.22. The van der Waals surface area contributed by atoms with Crippen LogP contribution >= 0.6 is 0 Å². The Balaban J connectivity index is 0.000000188. The molecule has 0 atom stereocenters. The van der Waals surface area contributed by atoms with E-state index in [-0.39, 0.29) is 6.29 Å². The Labute approximate surface area is 100 Å². The standard InChI is InChI=1S/C12H10.C3H4O2/c1-3-9-4-2-6-11-8-7-10(5-1)12(9)11;1-3(5)2-4/h1-6H,7-8H2;2H,1H3. The lowest BCUT2D eigenvalue weighted by Gasteiger charge is -1.99. The molecule has 86 valence electrons. The molecule has 0 fully saturated rings. The van der Waals surface area contributed by atoms with Crippen LogP contribution < -0.4 is 0 Å². The van der Waals surface area contributed by atoms with Gasteiger partial charge in [-0.25, -0.2) is 0 Å². The lowest BCUT2D eigenvalue weighted by molar-refractivity contribution is -0.128. The molecule has 3 rings (SSSR count). The van der Waals surface area contributed by atoms with Crippen LogP contribution in [0.25, 0.3) is 10.8 Å². The SMILES string of the molecule is CC(=O)C=O.c1cc2c3c(cccc3c1)CC2. The Morgan fingerprint density at radius 2 is 1.53 bits per heavy atom. The molecule has 0 N–H and O–H groups in total. The highest BCUT2D eigenvalue weighted by Gasteiger charge is 2.11. The van der Waals surface area contributed by atoms with Crippen LogP contribution in [0.5, 0.6) is 0 Å². The van der Waals surface area contributed by atoms with Crippen LogP contribution in [0, 0.1) is 0 Å². The number of benzene rings is 2. The van der Waals surface area contributed by atoms with E-state index in [1.54, 1.807) is 0 Å². The molecule has 0 radical (unpaired) electrons. The summed E-state index contributed by atoms with van der Waals surface area (Å²) in [5, 5.41) is 2.92. The molecule has 0 aromatic heterocycles. The van der Waals surface area contributed by atoms with Gasteiger partial charge in [0, 0.05) is 6.92 Å². The molecular formula is C15H14O2. The average Bonchev–Trinajstić information content (AvgIpc) is 2.76. The molecule has 2 aromatic carbocycles. The van der Waals surface area contributed by atoms with Gasteiger partial charge in [-0.15, -0.1) is 0 Å². The first kappa shape index (κ1) is 11.5. The van der Waals surface area contributed by atoms with Gasteiger partial charge in [-0.2, -0.15) is 0 Å². The molecular weight excluding hydrogens is 212 g/mol. The third kappa shape index (κ3) is 2.41. The maximum atomic E-state index is 9.44. The summed E-state index contributed by atoms with van der Waals surface area (Å²) in [7, 11) is 0. The molecule has 2 heteroatoms. The molecule has 0 bridgehead atoms. The van der Waals surface area contributed by atoms with Gasteiger partial charge in [-0.1, -0.05) is 36.4 Å². The highest BCUT2D eigenvalue weighted by molar-refractivity contribution is 6.23. The van der Waals surface area contributed by atoms with E-state index in [1.807, 2.05) is 0 Å². The molecule has 0 unspecified atom stereocenters. The topological polar surface area (TPSA) is 34.1 Å². The highest BCUT2D eigenvalue weighted by Crippen LogP contribution is 2.29. The molecule has 0 heterocycles. The Kier molecular flexibility index (Phi) is 3.33. The van der Waals surface area contributed by atoms with Gasteiger partial charge in [0.2, 0.25) is 0 Å². The summed E-state index contributed by atoms with van der Waals surface area (Å²) in [6.07, 6.45) is 2.74. The third-order valence-corrected chi connectivity index (χ3v) is 2.91. The van der Waals surface area contributed by atoms with Crippen molar-refractivity contribution in [3.63, 3.8) is 0 Å². The number of hydrogen-bond acceptors (Lipinski definition) is 2. The average molecular weight is 226 g/mol. The number of aryl methyl sites for hydroxylation is 2. The summed E-state index contributed by atoms with van der Waals surface area (Å²) in [6, 6.07) is 13.2. The molecule has 0 spiro atoms. The normalized spacial score (nSPS) is 11.8. The maximum Gasteiger partial charge on any atom is 0.192 e. The quantitative estimate of drug-likeness (QED) is 0.553. The number of ketones is 1. The number of carbonyl (C=O) groups excluding carboxylic acids is 2. The Hall–Kier alpha value is -1.96. The van der Waals surface area contributed by atoms with Crippen molar-refractivity contribution < 1.29 is 9.59 Å². The predicted octanol–water partition coefficient (Wildman–Crippen LogP) is 2.71. The van der Waals surface area contributed by atoms with Crippen molar-refractivity contribution in [2.45, 2.75) is 19.8 Å². The number of aldehydes is 1. The smallest absolute Gasteiger partial charge is 0.192 e. The predicted molar refractivity (Wildman–Crippen MR) is 68.1 cm³/mol. The van der Waals surface area contributed by atoms with Gasteiger partial charge < -0.3 is 0 Å². The first-order valence-corrected chi connectivity index (χ1v) is 5.67. The minimum atomic E-state index is -0.426. The van der Waals surface area contributed by atoms with E-state index in [1.165, 1.54) is 41.7 Å². The fourth-order valence-corrected chi connectivity index (χ4v) is 2.19. The van der Waals surface area contributed by atoms with E-state index >= 15 is 0 Å². The number of carbonyl (C=O) groups is 2. The lowest BCUT2D eigenvalue weighted by atomic mass is 10.1. The van der Waals surface area contributed by atoms with Crippen LogP contribution in [-0.4, -0.2) is 12.1 Å². The van der Waals surface area contributed by atoms with Crippen LogP contribution in [0.1, 0.15) is 18.1 Å². The second kappa shape index (κ2) is 4.91. The minimum absolute atomic E-state index is 0.278. The Morgan fingerprint density at radius 3 is 1.94 bits per heavy atom. The molecule has 2 nitrogen and oxygen atoms in total. The minimum Gasteiger partial charge on any atom is -0.295 e. The maximum absolute atomic E-state index is 9.44. The Bertz CT molecular complexity index is 531. The van der Waals surface area contributed by atoms with Gasteiger partial charge in [-0.05, 0) is 34.7 Å². The van der Waals surface area contributed by atoms with E-state index in [2.05, 4.69) is 36.4 Å². The summed E-state index contributed by atoms with van der Waals surface area (Å²) < 4.78 is 0. The van der Waals surface area contributed by atoms with Crippen LogP contribution in [0.2, 0.25) is 0 Å². The summed E-state index contributed by atoms with van der Waals surface area (Å²) in [5.41, 5.74) is 3.06. The highest BCUT2D eigenvalue weighted by atomic mass is 16.2. The van der Waals surface area contributed by atoms with Crippen molar-refractivity contribution >= 4 is 22.8 Å². The van der Waals surface area contributed by atoms with E-state index in [0.717, 1.165) is 0 Å². The first-order chi connectivity index (χ1) is 8.22. The van der Waals surface area contributed by atoms with Gasteiger partial charge in [0.25, 0.3) is 0 Å². The lowest BCUT2D eigenvalue weighted by Crippen LogP contribution is -1.85. The second-order valence-corrected chi connectivity index (χ2v) is 4.16. The van der Waals surface area contributed by atoms with E-state index in [9.17, 15) is 4.79 Å². The van der Waals surface area contributed by atoms with E-state index in [4.69, 9.17) is 4.79 Å². The van der Waals surface area contributed by atoms with Crippen molar-refractivity contribution in [1.29, 1.82) is 0 Å². The van der Waals surface area contributed by atoms with Gasteiger partial charge >= 0.3 is 0 Å². The fourth-order valence-electron chi connectivity index (χ4n) is 2.19. The van der Waals surface area contributed by atoms with Gasteiger partial charge in [0.15, 0.2) is 12.1 Å². The van der Waals surface area contributed by atoms with Crippen LogP contribution in [-0.2, 0) is 22.4 Å². The zero-order chi connectivity index (χ0) is 12.3. The molecule has 0 amide bonds. The van der Waals surface area contributed by atoms with Crippen molar-refractivity contribution in [2.24, 2.45) is 0 Å². The van der Waals surface area contributed by atoms with Crippen LogP contribution in [0.4, 0.5) is 0 Å². The van der Waals surface area contributed by atoms with Crippen molar-refractivity contribution in [3.05, 3.63) is 47.5 Å². The Morgan fingerprint density at radius 1 is 1.06 bits per heavy atom. The molecule has 1 aliphatic rings. The van der Waals surface area contributed by atoms with Crippen LogP contribution in [0.3, 0.4) is 0 Å². The van der Waals surface area contributed by atoms with Crippen LogP contribution in [0.15, 0.2) is 36.4 Å². The first-order valence-electron chi connectivity index (χ1n) is 5.67. The van der Waals surface area contributed by atoms with Gasteiger partial charge in [-0.3, -0.25) is 9.59 Å². The number of rotatable bonds is 1. The van der Waals surface area contributed by atoms with Crippen molar-refractivity contribution in [1.82, 2.24) is 0 Å². The number of Topliss-reactive ketones (excluding diaryl/α,β-unsaturated/α-hetero) is 1. The largest absolute Gasteiger partial charge is 0.295 e. The molecule has 1 aliphatic carbocycles. The summed E-state index contributed by atoms with van der Waals surface area (Å²) in [5.74, 6) is -0.426. The molecule has 0 saturated heterocycles. The zero-order valence-electron chi connectivity index (χ0n) is 9.77. The van der Waals surface area contributed by atoms with E-state index < -0.39 is 5.78 Å². The zero-order valence-corrected chi connectivity index (χ0v) is 9.77. The molecule has 0 saturated carbocycles. The molecule has 2 aromatic rings. The van der Waals surface area contributed by atoms with E-state index in [0.29, 0.717) is 0 Å². The third-order valence-electron chi connectivity index (χ3n) is 2.91. The fraction of sp³-hybridized carbons (Fsp3) is 0.200. The monoisotopic (exact) mass is 226 g/mol.